The fourth-order valence-electron chi connectivity index (χ4n) is 1.88. The maximum absolute atomic E-state index is 10.5. The molecule has 0 aliphatic heterocycles. The molecule has 0 spiro atoms. The number of carboxylic acid groups (broad SMARTS) is 1. The summed E-state index contributed by atoms with van der Waals surface area (Å²) >= 11 is 1.22. The number of nitrogens with zero attached hydrogens (tertiary/aromatic N) is 3. The number of hydrogen-bond acceptors (Lipinski definition) is 4. The molecule has 0 bridgehead atoms. The molecule has 0 saturated heterocycles. The number of aryl methyl sites for hydroxylation is 1. The average molecular weight is 285 g/mol. The molecule has 1 aromatic rings. The van der Waals surface area contributed by atoms with Gasteiger partial charge in [0.05, 0.1) is 5.75 Å². The van der Waals surface area contributed by atoms with E-state index in [0.29, 0.717) is 5.16 Å². The second kappa shape index (κ2) is 8.96. The fourth-order valence-corrected chi connectivity index (χ4v) is 2.53. The lowest BCUT2D eigenvalue weighted by Crippen LogP contribution is -2.02. The summed E-state index contributed by atoms with van der Waals surface area (Å²) in [4.78, 5) is 10.5. The summed E-state index contributed by atoms with van der Waals surface area (Å²) in [6.07, 6.45) is 8.46. The summed E-state index contributed by atoms with van der Waals surface area (Å²) in [6, 6.07) is 0. The van der Waals surface area contributed by atoms with Crippen molar-refractivity contribution in [2.75, 3.05) is 5.75 Å². The van der Waals surface area contributed by atoms with Crippen molar-refractivity contribution < 1.29 is 9.90 Å². The van der Waals surface area contributed by atoms with E-state index < -0.39 is 5.97 Å². The van der Waals surface area contributed by atoms with Gasteiger partial charge in [-0.15, -0.1) is 10.2 Å². The molecule has 6 heteroatoms. The normalized spacial score (nSPS) is 10.8. The zero-order valence-electron chi connectivity index (χ0n) is 11.8. The van der Waals surface area contributed by atoms with Crippen LogP contribution in [0.2, 0.25) is 0 Å². The summed E-state index contributed by atoms with van der Waals surface area (Å²) in [7, 11) is 1.90. The lowest BCUT2D eigenvalue weighted by Gasteiger charge is -2.03. The van der Waals surface area contributed by atoms with Crippen molar-refractivity contribution in [2.24, 2.45) is 7.05 Å². The maximum Gasteiger partial charge on any atom is 0.313 e. The Balaban J connectivity index is 2.28. The number of carboxylic acids is 1. The van der Waals surface area contributed by atoms with Crippen LogP contribution >= 0.6 is 11.8 Å². The van der Waals surface area contributed by atoms with Crippen molar-refractivity contribution in [3.8, 4) is 0 Å². The predicted octanol–water partition coefficient (Wildman–Crippen LogP) is 2.89. The summed E-state index contributed by atoms with van der Waals surface area (Å²) in [5.41, 5.74) is 0. The summed E-state index contributed by atoms with van der Waals surface area (Å²) < 4.78 is 1.90. The van der Waals surface area contributed by atoms with Crippen molar-refractivity contribution in [1.82, 2.24) is 14.8 Å². The minimum Gasteiger partial charge on any atom is -0.481 e. The number of aliphatic carboxylic acids is 1. The van der Waals surface area contributed by atoms with E-state index in [2.05, 4.69) is 17.1 Å². The van der Waals surface area contributed by atoms with Gasteiger partial charge < -0.3 is 9.67 Å². The molecule has 1 N–H and O–H groups in total. The van der Waals surface area contributed by atoms with Crippen LogP contribution in [0, 0.1) is 0 Å². The highest BCUT2D eigenvalue weighted by Crippen LogP contribution is 2.16. The molecule has 0 amide bonds. The quantitative estimate of drug-likeness (QED) is 0.529. The summed E-state index contributed by atoms with van der Waals surface area (Å²) in [5, 5.41) is 17.5. The van der Waals surface area contributed by atoms with Crippen molar-refractivity contribution in [1.29, 1.82) is 0 Å². The van der Waals surface area contributed by atoms with Gasteiger partial charge in [0.15, 0.2) is 5.16 Å². The van der Waals surface area contributed by atoms with Gasteiger partial charge in [-0.1, -0.05) is 50.8 Å². The SMILES string of the molecule is CCCCCCCCc1nnc(SCC(=O)O)n1C. The zero-order chi connectivity index (χ0) is 14.1. The Morgan fingerprint density at radius 2 is 1.89 bits per heavy atom. The highest BCUT2D eigenvalue weighted by molar-refractivity contribution is 7.99. The molecule has 0 aliphatic carbocycles. The second-order valence-corrected chi connectivity index (χ2v) is 5.60. The molecule has 0 fully saturated rings. The average Bonchev–Trinajstić information content (AvgIpc) is 2.72. The number of aromatic nitrogens is 3. The zero-order valence-corrected chi connectivity index (χ0v) is 12.6. The van der Waals surface area contributed by atoms with E-state index in [4.69, 9.17) is 5.11 Å². The molecule has 0 aliphatic rings. The molecule has 108 valence electrons. The summed E-state index contributed by atoms with van der Waals surface area (Å²) in [5.74, 6) is 0.150. The topological polar surface area (TPSA) is 68.0 Å². The molecule has 1 heterocycles. The van der Waals surface area contributed by atoms with Gasteiger partial charge in [0, 0.05) is 13.5 Å². The molecule has 0 saturated carbocycles. The summed E-state index contributed by atoms with van der Waals surface area (Å²) in [6.45, 7) is 2.22. The number of unbranched alkanes of at least 4 members (excludes halogenated alkanes) is 5. The van der Waals surface area contributed by atoms with E-state index in [1.165, 1.54) is 43.9 Å². The molecule has 0 atom stereocenters. The van der Waals surface area contributed by atoms with E-state index in [-0.39, 0.29) is 5.75 Å². The molecule has 0 radical (unpaired) electrons. The molecule has 0 unspecified atom stereocenters. The van der Waals surface area contributed by atoms with Gasteiger partial charge in [0.2, 0.25) is 0 Å². The molecule has 0 aromatic carbocycles. The third-order valence-corrected chi connectivity index (χ3v) is 4.01. The van der Waals surface area contributed by atoms with Gasteiger partial charge in [0.25, 0.3) is 0 Å². The van der Waals surface area contributed by atoms with Crippen LogP contribution in [0.4, 0.5) is 0 Å². The third-order valence-electron chi connectivity index (χ3n) is 3.00. The van der Waals surface area contributed by atoms with Crippen LogP contribution in [0.1, 0.15) is 51.3 Å². The first-order valence-electron chi connectivity index (χ1n) is 6.88. The van der Waals surface area contributed by atoms with Gasteiger partial charge in [-0.25, -0.2) is 0 Å². The smallest absolute Gasteiger partial charge is 0.313 e. The van der Waals surface area contributed by atoms with Crippen LogP contribution < -0.4 is 0 Å². The largest absolute Gasteiger partial charge is 0.481 e. The van der Waals surface area contributed by atoms with Crippen molar-refractivity contribution in [3.63, 3.8) is 0 Å². The Hall–Kier alpha value is -1.04. The molecule has 1 rings (SSSR count). The van der Waals surface area contributed by atoms with Gasteiger partial charge in [-0.3, -0.25) is 4.79 Å². The number of carbonyl (C=O) groups is 1. The Morgan fingerprint density at radius 3 is 2.58 bits per heavy atom. The van der Waals surface area contributed by atoms with E-state index in [1.54, 1.807) is 0 Å². The fraction of sp³-hybridized carbons (Fsp3) is 0.769. The van der Waals surface area contributed by atoms with E-state index in [9.17, 15) is 4.79 Å². The van der Waals surface area contributed by atoms with E-state index in [0.717, 1.165) is 18.7 Å². The lowest BCUT2D eigenvalue weighted by atomic mass is 10.1. The van der Waals surface area contributed by atoms with E-state index >= 15 is 0 Å². The third kappa shape index (κ3) is 6.09. The van der Waals surface area contributed by atoms with Crippen LogP contribution in [0.15, 0.2) is 5.16 Å². The van der Waals surface area contributed by atoms with Gasteiger partial charge >= 0.3 is 5.97 Å². The number of thioether (sulfide) groups is 1. The Bertz CT molecular complexity index is 393. The highest BCUT2D eigenvalue weighted by atomic mass is 32.2. The van der Waals surface area contributed by atoms with Crippen molar-refractivity contribution in [2.45, 2.75) is 57.0 Å². The molecule has 19 heavy (non-hydrogen) atoms. The van der Waals surface area contributed by atoms with Crippen LogP contribution in [-0.2, 0) is 18.3 Å². The standard InChI is InChI=1S/C13H23N3O2S/c1-3-4-5-6-7-8-9-11-14-15-13(16(11)2)19-10-12(17)18/h3-10H2,1-2H3,(H,17,18). The van der Waals surface area contributed by atoms with Crippen LogP contribution in [0.25, 0.3) is 0 Å². The van der Waals surface area contributed by atoms with Gasteiger partial charge in [-0.05, 0) is 6.42 Å². The Morgan fingerprint density at radius 1 is 1.21 bits per heavy atom. The maximum atomic E-state index is 10.5. The van der Waals surface area contributed by atoms with E-state index in [1.807, 2.05) is 11.6 Å². The number of rotatable bonds is 10. The monoisotopic (exact) mass is 285 g/mol. The van der Waals surface area contributed by atoms with Crippen LogP contribution in [0.3, 0.4) is 0 Å². The van der Waals surface area contributed by atoms with Crippen LogP contribution in [0.5, 0.6) is 0 Å². The molecule has 5 nitrogen and oxygen atoms in total. The Kier molecular flexibility index (Phi) is 7.55. The van der Waals surface area contributed by atoms with Gasteiger partial charge in [0.1, 0.15) is 5.82 Å². The van der Waals surface area contributed by atoms with Crippen molar-refractivity contribution in [3.05, 3.63) is 5.82 Å². The Labute approximate surface area is 118 Å². The number of hydrogen-bond donors (Lipinski definition) is 1. The second-order valence-electron chi connectivity index (χ2n) is 4.66. The van der Waals surface area contributed by atoms with Gasteiger partial charge in [-0.2, -0.15) is 0 Å². The molecular formula is C13H23N3O2S. The van der Waals surface area contributed by atoms with Crippen LogP contribution in [-0.4, -0.2) is 31.6 Å². The first kappa shape index (κ1) is 16.0. The molecular weight excluding hydrogens is 262 g/mol. The van der Waals surface area contributed by atoms with Crippen molar-refractivity contribution >= 4 is 17.7 Å². The predicted molar refractivity (Wildman–Crippen MR) is 76.4 cm³/mol. The molecule has 1 aromatic heterocycles. The minimum absolute atomic E-state index is 0.0307. The minimum atomic E-state index is -0.828. The highest BCUT2D eigenvalue weighted by Gasteiger charge is 2.10. The first-order valence-corrected chi connectivity index (χ1v) is 7.86. The lowest BCUT2D eigenvalue weighted by molar-refractivity contribution is -0.133. The first-order chi connectivity index (χ1) is 9.15.